The maximum atomic E-state index is 11.5. The van der Waals surface area contributed by atoms with Crippen molar-refractivity contribution in [3.8, 4) is 5.75 Å². The van der Waals surface area contributed by atoms with Crippen LogP contribution in [0, 0.1) is 5.92 Å². The minimum Gasteiger partial charge on any atom is -0.497 e. The molecular formula is C15H24N4O3S. The molecule has 23 heavy (non-hydrogen) atoms. The third kappa shape index (κ3) is 5.40. The smallest absolute Gasteiger partial charge is 0.211 e. The number of sulfonamides is 1. The summed E-state index contributed by atoms with van der Waals surface area (Å²) >= 11 is 0. The molecule has 0 atom stereocenters. The van der Waals surface area contributed by atoms with Crippen LogP contribution in [0.5, 0.6) is 5.75 Å². The van der Waals surface area contributed by atoms with Gasteiger partial charge in [-0.25, -0.2) is 12.7 Å². The number of hydrogen-bond donors (Lipinski definition) is 2. The van der Waals surface area contributed by atoms with Crippen molar-refractivity contribution in [2.24, 2.45) is 16.6 Å². The molecule has 7 nitrogen and oxygen atoms in total. The van der Waals surface area contributed by atoms with Gasteiger partial charge in [-0.3, -0.25) is 4.99 Å². The molecule has 0 radical (unpaired) electrons. The minimum atomic E-state index is -3.08. The molecule has 0 spiro atoms. The molecule has 0 aromatic heterocycles. The van der Waals surface area contributed by atoms with Crippen molar-refractivity contribution >= 4 is 21.7 Å². The lowest BCUT2D eigenvalue weighted by molar-refractivity contribution is 0.280. The summed E-state index contributed by atoms with van der Waals surface area (Å²) in [5.74, 6) is 1.51. The second-order valence-corrected chi connectivity index (χ2v) is 7.67. The Bertz CT molecular complexity index is 635. The van der Waals surface area contributed by atoms with Crippen molar-refractivity contribution in [2.75, 3.05) is 38.3 Å². The van der Waals surface area contributed by atoms with Crippen LogP contribution in [0.3, 0.4) is 0 Å². The molecule has 1 aliphatic rings. The maximum Gasteiger partial charge on any atom is 0.211 e. The van der Waals surface area contributed by atoms with Crippen molar-refractivity contribution in [1.29, 1.82) is 0 Å². The van der Waals surface area contributed by atoms with Crippen LogP contribution >= 0.6 is 0 Å². The van der Waals surface area contributed by atoms with Crippen LogP contribution in [0.2, 0.25) is 0 Å². The predicted molar refractivity (Wildman–Crippen MR) is 92.2 cm³/mol. The van der Waals surface area contributed by atoms with Gasteiger partial charge in [0.2, 0.25) is 10.0 Å². The number of piperidine rings is 1. The van der Waals surface area contributed by atoms with Gasteiger partial charge in [0.25, 0.3) is 0 Å². The lowest BCUT2D eigenvalue weighted by Gasteiger charge is -2.29. The molecular weight excluding hydrogens is 316 g/mol. The fourth-order valence-electron chi connectivity index (χ4n) is 2.51. The standard InChI is InChI=1S/C15H24N4O3S/c1-22-14-5-3-13(4-6-14)18-15(16)17-11-12-7-9-19(10-8-12)23(2,20)21/h3-6,12H,7-11H2,1-2H3,(H3,16,17,18). The van der Waals surface area contributed by atoms with Gasteiger partial charge in [0, 0.05) is 25.3 Å². The fourth-order valence-corrected chi connectivity index (χ4v) is 3.39. The molecule has 0 bridgehead atoms. The van der Waals surface area contributed by atoms with Crippen LogP contribution < -0.4 is 15.8 Å². The van der Waals surface area contributed by atoms with Gasteiger partial charge in [-0.15, -0.1) is 0 Å². The SMILES string of the molecule is COc1ccc(NC(N)=NCC2CCN(S(C)(=O)=O)CC2)cc1. The Kier molecular flexibility index (Phi) is 5.84. The largest absolute Gasteiger partial charge is 0.497 e. The lowest BCUT2D eigenvalue weighted by atomic mass is 9.98. The van der Waals surface area contributed by atoms with E-state index in [-0.39, 0.29) is 0 Å². The molecule has 0 amide bonds. The molecule has 0 aliphatic carbocycles. The summed E-state index contributed by atoms with van der Waals surface area (Å²) in [4.78, 5) is 4.36. The highest BCUT2D eigenvalue weighted by Crippen LogP contribution is 2.19. The molecule has 8 heteroatoms. The highest BCUT2D eigenvalue weighted by molar-refractivity contribution is 7.88. The van der Waals surface area contributed by atoms with E-state index < -0.39 is 10.0 Å². The fraction of sp³-hybridized carbons (Fsp3) is 0.533. The number of ether oxygens (including phenoxy) is 1. The van der Waals surface area contributed by atoms with Crippen LogP contribution in [0.15, 0.2) is 29.3 Å². The van der Waals surface area contributed by atoms with Crippen LogP contribution in [0.25, 0.3) is 0 Å². The lowest BCUT2D eigenvalue weighted by Crippen LogP contribution is -2.38. The number of nitrogens with two attached hydrogens (primary N) is 1. The zero-order valence-electron chi connectivity index (χ0n) is 13.5. The molecule has 1 heterocycles. The first-order valence-electron chi connectivity index (χ1n) is 7.54. The zero-order valence-corrected chi connectivity index (χ0v) is 14.3. The topological polar surface area (TPSA) is 97.0 Å². The number of aliphatic imine (C=N–C) groups is 1. The number of nitrogens with zero attached hydrogens (tertiary/aromatic N) is 2. The van der Waals surface area contributed by atoms with E-state index in [9.17, 15) is 8.42 Å². The quantitative estimate of drug-likeness (QED) is 0.618. The number of anilines is 1. The Morgan fingerprint density at radius 1 is 1.35 bits per heavy atom. The summed E-state index contributed by atoms with van der Waals surface area (Å²) in [7, 11) is -1.46. The van der Waals surface area contributed by atoms with Gasteiger partial charge in [0.05, 0.1) is 13.4 Å². The van der Waals surface area contributed by atoms with E-state index in [1.54, 1.807) is 7.11 Å². The molecule has 1 fully saturated rings. The average molecular weight is 340 g/mol. The molecule has 0 saturated carbocycles. The second kappa shape index (κ2) is 7.65. The van der Waals surface area contributed by atoms with E-state index in [1.807, 2.05) is 24.3 Å². The molecule has 1 aliphatic heterocycles. The van der Waals surface area contributed by atoms with Gasteiger partial charge in [-0.1, -0.05) is 0 Å². The molecule has 1 saturated heterocycles. The number of guanidine groups is 1. The van der Waals surface area contributed by atoms with Crippen molar-refractivity contribution in [3.05, 3.63) is 24.3 Å². The normalized spacial score (nSPS) is 17.9. The van der Waals surface area contributed by atoms with Gasteiger partial charge < -0.3 is 15.8 Å². The van der Waals surface area contributed by atoms with Gasteiger partial charge >= 0.3 is 0 Å². The summed E-state index contributed by atoms with van der Waals surface area (Å²) in [5.41, 5.74) is 6.74. The highest BCUT2D eigenvalue weighted by atomic mass is 32.2. The van der Waals surface area contributed by atoms with Crippen LogP contribution in [0.1, 0.15) is 12.8 Å². The highest BCUT2D eigenvalue weighted by Gasteiger charge is 2.24. The molecule has 2 rings (SSSR count). The third-order valence-corrected chi connectivity index (χ3v) is 5.23. The van der Waals surface area contributed by atoms with Gasteiger partial charge in [0.1, 0.15) is 5.75 Å². The molecule has 0 unspecified atom stereocenters. The van der Waals surface area contributed by atoms with Gasteiger partial charge in [-0.2, -0.15) is 0 Å². The van der Waals surface area contributed by atoms with Crippen molar-refractivity contribution in [3.63, 3.8) is 0 Å². The van der Waals surface area contributed by atoms with Crippen molar-refractivity contribution < 1.29 is 13.2 Å². The average Bonchev–Trinajstić information content (AvgIpc) is 2.53. The van der Waals surface area contributed by atoms with Gasteiger partial charge in [-0.05, 0) is 43.0 Å². The Labute approximate surface area is 137 Å². The van der Waals surface area contributed by atoms with E-state index in [1.165, 1.54) is 10.6 Å². The Morgan fingerprint density at radius 2 is 1.96 bits per heavy atom. The van der Waals surface area contributed by atoms with E-state index >= 15 is 0 Å². The van der Waals surface area contributed by atoms with Crippen LogP contribution in [-0.4, -0.2) is 51.7 Å². The number of hydrogen-bond acceptors (Lipinski definition) is 4. The summed E-state index contributed by atoms with van der Waals surface area (Å²) in [5, 5.41) is 3.03. The first-order chi connectivity index (χ1) is 10.9. The van der Waals surface area contributed by atoms with E-state index in [0.29, 0.717) is 31.5 Å². The summed E-state index contributed by atoms with van der Waals surface area (Å²) < 4.78 is 29.6. The predicted octanol–water partition coefficient (Wildman–Crippen LogP) is 1.09. The van der Waals surface area contributed by atoms with Crippen LogP contribution in [0.4, 0.5) is 5.69 Å². The summed E-state index contributed by atoms with van der Waals surface area (Å²) in [6.45, 7) is 1.72. The van der Waals surface area contributed by atoms with Crippen molar-refractivity contribution in [1.82, 2.24) is 4.31 Å². The number of benzene rings is 1. The van der Waals surface area contributed by atoms with E-state index in [2.05, 4.69) is 10.3 Å². The molecule has 3 N–H and O–H groups in total. The van der Waals surface area contributed by atoms with Gasteiger partial charge in [0.15, 0.2) is 5.96 Å². The zero-order chi connectivity index (χ0) is 16.9. The first-order valence-corrected chi connectivity index (χ1v) is 9.39. The molecule has 128 valence electrons. The number of methoxy groups -OCH3 is 1. The second-order valence-electron chi connectivity index (χ2n) is 5.68. The minimum absolute atomic E-state index is 0.362. The van der Waals surface area contributed by atoms with E-state index in [0.717, 1.165) is 24.3 Å². The summed E-state index contributed by atoms with van der Waals surface area (Å²) in [6.07, 6.45) is 2.88. The number of rotatable bonds is 5. The Morgan fingerprint density at radius 3 is 2.48 bits per heavy atom. The Balaban J connectivity index is 1.81. The maximum absolute atomic E-state index is 11.5. The molecule has 1 aromatic rings. The summed E-state index contributed by atoms with van der Waals surface area (Å²) in [6, 6.07) is 7.42. The van der Waals surface area contributed by atoms with E-state index in [4.69, 9.17) is 10.5 Å². The molecule has 1 aromatic carbocycles. The third-order valence-electron chi connectivity index (χ3n) is 3.92. The Hall–Kier alpha value is -1.80. The van der Waals surface area contributed by atoms with Crippen LogP contribution in [-0.2, 0) is 10.0 Å². The monoisotopic (exact) mass is 340 g/mol. The number of nitrogens with one attached hydrogen (secondary N) is 1. The first kappa shape index (κ1) is 17.6. The van der Waals surface area contributed by atoms with Crippen molar-refractivity contribution in [2.45, 2.75) is 12.8 Å².